The van der Waals surface area contributed by atoms with Crippen LogP contribution in [0, 0.1) is 5.92 Å². The molecule has 0 aliphatic carbocycles. The number of thioether (sulfide) groups is 1. The monoisotopic (exact) mass is 385 g/mol. The Morgan fingerprint density at radius 1 is 1.42 bits per heavy atom. The summed E-state index contributed by atoms with van der Waals surface area (Å²) in [7, 11) is 3.41. The van der Waals surface area contributed by atoms with Gasteiger partial charge in [0.25, 0.3) is 0 Å². The summed E-state index contributed by atoms with van der Waals surface area (Å²) in [6.07, 6.45) is -1.20. The van der Waals surface area contributed by atoms with Crippen LogP contribution in [-0.2, 0) is 14.3 Å². The molecule has 144 valence electrons. The molecule has 4 unspecified atom stereocenters. The fourth-order valence-corrected chi connectivity index (χ4v) is 5.14. The average molecular weight is 385 g/mol. The zero-order valence-electron chi connectivity index (χ0n) is 14.8. The smallest absolute Gasteiger partial charge is 0.449 e. The van der Waals surface area contributed by atoms with Gasteiger partial charge >= 0.3 is 6.16 Å². The number of carbonyl (C=O) groups excluding carboxylic acids is 2. The number of nitrogens with one attached hydrogen (secondary N) is 1. The first-order valence-corrected chi connectivity index (χ1v) is 9.35. The summed E-state index contributed by atoms with van der Waals surface area (Å²) in [6, 6.07) is -0.537. The predicted molar refractivity (Wildman–Crippen MR) is 93.0 cm³/mol. The number of aliphatic hydroxyl groups is 1. The largest absolute Gasteiger partial charge is 0.512 e. The number of nitrogens with zero attached hydrogens (tertiary/aromatic N) is 2. The summed E-state index contributed by atoms with van der Waals surface area (Å²) in [5.41, 5.74) is 0. The first kappa shape index (κ1) is 19.0. The van der Waals surface area contributed by atoms with Crippen LogP contribution in [0.1, 0.15) is 19.8 Å². The molecule has 2 saturated heterocycles. The number of carbonyl (C=O) groups is 3. The number of ether oxygens (including phenoxy) is 1. The van der Waals surface area contributed by atoms with Crippen molar-refractivity contribution in [1.82, 2.24) is 15.1 Å². The van der Waals surface area contributed by atoms with Crippen molar-refractivity contribution in [2.45, 2.75) is 43.2 Å². The Morgan fingerprint density at radius 3 is 2.69 bits per heavy atom. The Hall–Kier alpha value is -1.78. The molecule has 0 spiro atoms. The van der Waals surface area contributed by atoms with E-state index in [0.717, 1.165) is 0 Å². The minimum Gasteiger partial charge on any atom is -0.449 e. The number of fused-ring (bicyclic) bond motifs is 1. The van der Waals surface area contributed by atoms with Gasteiger partial charge in [0.05, 0.1) is 24.1 Å². The van der Waals surface area contributed by atoms with E-state index in [9.17, 15) is 19.5 Å². The predicted octanol–water partition coefficient (Wildman–Crippen LogP) is 0.0135. The number of amides is 2. The second-order valence-electron chi connectivity index (χ2n) is 7.01. The quantitative estimate of drug-likeness (QED) is 0.447. The van der Waals surface area contributed by atoms with Gasteiger partial charge in [-0.25, -0.2) is 4.79 Å². The van der Waals surface area contributed by atoms with E-state index in [2.05, 4.69) is 5.32 Å². The molecule has 5 atom stereocenters. The summed E-state index contributed by atoms with van der Waals surface area (Å²) >= 11 is 1.44. The molecule has 9 nitrogen and oxygen atoms in total. The van der Waals surface area contributed by atoms with E-state index in [1.54, 1.807) is 21.0 Å². The van der Waals surface area contributed by atoms with Gasteiger partial charge in [0.15, 0.2) is 0 Å². The van der Waals surface area contributed by atoms with E-state index >= 15 is 0 Å². The lowest BCUT2D eigenvalue weighted by molar-refractivity contribution is -0.161. The molecule has 26 heavy (non-hydrogen) atoms. The fourth-order valence-electron chi connectivity index (χ4n) is 3.76. The van der Waals surface area contributed by atoms with Crippen LogP contribution in [0.25, 0.3) is 0 Å². The normalized spacial score (nSPS) is 31.5. The molecule has 3 aliphatic rings. The van der Waals surface area contributed by atoms with Gasteiger partial charge in [-0.2, -0.15) is 0 Å². The van der Waals surface area contributed by atoms with E-state index in [-0.39, 0.29) is 35.0 Å². The van der Waals surface area contributed by atoms with E-state index in [4.69, 9.17) is 9.84 Å². The van der Waals surface area contributed by atoms with Crippen LogP contribution in [0.2, 0.25) is 0 Å². The fraction of sp³-hybridized carbons (Fsp3) is 0.688. The maximum absolute atomic E-state index is 12.3. The highest BCUT2D eigenvalue weighted by atomic mass is 32.2. The van der Waals surface area contributed by atoms with Gasteiger partial charge in [0.2, 0.25) is 17.7 Å². The molecule has 3 rings (SSSR count). The number of hydrogen-bond acceptors (Lipinski definition) is 7. The number of hydrogen-bond donors (Lipinski definition) is 3. The average Bonchev–Trinajstić information content (AvgIpc) is 3.09. The van der Waals surface area contributed by atoms with Gasteiger partial charge in [0, 0.05) is 37.2 Å². The molecule has 2 amide bonds. The molecule has 0 bridgehead atoms. The highest BCUT2D eigenvalue weighted by Crippen LogP contribution is 2.48. The van der Waals surface area contributed by atoms with E-state index in [0.29, 0.717) is 24.3 Å². The van der Waals surface area contributed by atoms with Gasteiger partial charge in [-0.15, -0.1) is 11.8 Å². The van der Waals surface area contributed by atoms with Gasteiger partial charge in [-0.1, -0.05) is 0 Å². The van der Waals surface area contributed by atoms with E-state index in [1.807, 2.05) is 0 Å². The second-order valence-corrected chi connectivity index (χ2v) is 8.41. The second kappa shape index (κ2) is 7.09. The SMILES string of the molecule is CC(O)C1C(=O)N2C(OC(=O)O)=C(SC3CNC(C(=O)N(C)C)C3)C[C@H]12. The van der Waals surface area contributed by atoms with Gasteiger partial charge in [0.1, 0.15) is 0 Å². The van der Waals surface area contributed by atoms with Crippen LogP contribution in [0.5, 0.6) is 0 Å². The number of rotatable bonds is 5. The number of β-lactam (4-membered cyclic amide) rings is 1. The van der Waals surface area contributed by atoms with Crippen LogP contribution in [0.15, 0.2) is 10.8 Å². The maximum Gasteiger partial charge on any atom is 0.512 e. The van der Waals surface area contributed by atoms with Crippen molar-refractivity contribution in [2.24, 2.45) is 5.92 Å². The van der Waals surface area contributed by atoms with Crippen molar-refractivity contribution < 1.29 is 29.3 Å². The lowest BCUT2D eigenvalue weighted by atomic mass is 9.84. The Balaban J connectivity index is 1.72. The topological polar surface area (TPSA) is 119 Å². The molecule has 3 N–H and O–H groups in total. The molecular weight excluding hydrogens is 362 g/mol. The lowest BCUT2D eigenvalue weighted by Gasteiger charge is -2.44. The third-order valence-corrected chi connectivity index (χ3v) is 6.28. The third-order valence-electron chi connectivity index (χ3n) is 4.96. The summed E-state index contributed by atoms with van der Waals surface area (Å²) in [6.45, 7) is 2.17. The Morgan fingerprint density at radius 2 is 2.12 bits per heavy atom. The first-order chi connectivity index (χ1) is 12.2. The number of carboxylic acid groups (broad SMARTS) is 1. The van der Waals surface area contributed by atoms with Crippen molar-refractivity contribution in [2.75, 3.05) is 20.6 Å². The summed E-state index contributed by atoms with van der Waals surface area (Å²) in [5.74, 6) is -0.798. The molecular formula is C16H23N3O6S. The minimum absolute atomic E-state index is 0.00341. The highest BCUT2D eigenvalue weighted by Gasteiger charge is 2.57. The molecule has 0 radical (unpaired) electrons. The molecule has 0 aromatic rings. The first-order valence-electron chi connectivity index (χ1n) is 8.47. The van der Waals surface area contributed by atoms with Crippen LogP contribution in [0.4, 0.5) is 4.79 Å². The van der Waals surface area contributed by atoms with E-state index in [1.165, 1.54) is 21.6 Å². The van der Waals surface area contributed by atoms with Crippen molar-refractivity contribution in [3.8, 4) is 0 Å². The van der Waals surface area contributed by atoms with Crippen LogP contribution in [-0.4, -0.2) is 82.1 Å². The van der Waals surface area contributed by atoms with Crippen LogP contribution in [0.3, 0.4) is 0 Å². The van der Waals surface area contributed by atoms with Crippen LogP contribution >= 0.6 is 11.8 Å². The van der Waals surface area contributed by atoms with Crippen molar-refractivity contribution in [1.29, 1.82) is 0 Å². The van der Waals surface area contributed by atoms with Gasteiger partial charge < -0.3 is 25.2 Å². The zero-order chi connectivity index (χ0) is 19.2. The van der Waals surface area contributed by atoms with Crippen molar-refractivity contribution in [3.63, 3.8) is 0 Å². The summed E-state index contributed by atoms with van der Waals surface area (Å²) < 4.78 is 4.88. The molecule has 3 aliphatic heterocycles. The molecule has 0 saturated carbocycles. The third kappa shape index (κ3) is 3.28. The molecule has 2 fully saturated rings. The maximum atomic E-state index is 12.3. The number of likely N-dealkylation sites (N-methyl/N-ethyl adjacent to an activating group) is 1. The minimum atomic E-state index is -1.47. The molecule has 10 heteroatoms. The lowest BCUT2D eigenvalue weighted by Crippen LogP contribution is -2.61. The standard InChI is InChI=1S/C16H23N3O6S/c1-7(20)12-10-5-11(15(25-16(23)24)19(10)14(12)22)26-8-4-9(17-6-8)13(21)18(2)3/h7-10,12,17,20H,4-6H2,1-3H3,(H,23,24)/t7?,8?,9?,10-,12?/m1/s1. The Labute approximate surface area is 155 Å². The highest BCUT2D eigenvalue weighted by molar-refractivity contribution is 8.03. The van der Waals surface area contributed by atoms with E-state index < -0.39 is 18.2 Å². The zero-order valence-corrected chi connectivity index (χ0v) is 15.7. The number of aliphatic hydroxyl groups excluding tert-OH is 1. The molecule has 3 heterocycles. The molecule has 0 aromatic carbocycles. The summed E-state index contributed by atoms with van der Waals surface area (Å²) in [4.78, 5) is 38.9. The Kier molecular flexibility index (Phi) is 5.18. The van der Waals surface area contributed by atoms with Crippen LogP contribution < -0.4 is 5.32 Å². The Bertz CT molecular complexity index is 664. The van der Waals surface area contributed by atoms with Crippen molar-refractivity contribution in [3.05, 3.63) is 10.8 Å². The van der Waals surface area contributed by atoms with Crippen molar-refractivity contribution >= 4 is 29.7 Å². The summed E-state index contributed by atoms with van der Waals surface area (Å²) in [5, 5.41) is 22.0. The molecule has 0 aromatic heterocycles. The van der Waals surface area contributed by atoms with Gasteiger partial charge in [-0.05, 0) is 13.3 Å². The van der Waals surface area contributed by atoms with Gasteiger partial charge in [-0.3, -0.25) is 14.5 Å².